The molecule has 0 aliphatic carbocycles. The molecule has 1 aliphatic rings. The number of carbonyl (C=O) groups is 1. The summed E-state index contributed by atoms with van der Waals surface area (Å²) >= 11 is 0. The Morgan fingerprint density at radius 1 is 1.50 bits per heavy atom. The number of nitrogens with one attached hydrogen (secondary N) is 1. The quantitative estimate of drug-likeness (QED) is 0.861. The number of hydrogen-bond donors (Lipinski definition) is 1. The molecule has 1 fully saturated rings. The highest BCUT2D eigenvalue weighted by molar-refractivity contribution is 5.97. The molecular formula is C14H20N2O2. The summed E-state index contributed by atoms with van der Waals surface area (Å²) in [7, 11) is 1.60. The number of piperazine rings is 1. The summed E-state index contributed by atoms with van der Waals surface area (Å²) in [5.41, 5.74) is 1.73. The van der Waals surface area contributed by atoms with E-state index in [0.29, 0.717) is 11.3 Å². The minimum Gasteiger partial charge on any atom is -0.496 e. The van der Waals surface area contributed by atoms with Crippen LogP contribution < -0.4 is 10.1 Å². The van der Waals surface area contributed by atoms with Crippen molar-refractivity contribution >= 4 is 5.91 Å². The van der Waals surface area contributed by atoms with Gasteiger partial charge in [-0.2, -0.15) is 0 Å². The first-order valence-electron chi connectivity index (χ1n) is 6.30. The topological polar surface area (TPSA) is 41.6 Å². The summed E-state index contributed by atoms with van der Waals surface area (Å²) in [5, 5.41) is 3.29. The molecule has 1 aromatic carbocycles. The number of ether oxygens (including phenoxy) is 1. The molecule has 4 nitrogen and oxygen atoms in total. The van der Waals surface area contributed by atoms with Gasteiger partial charge in [0, 0.05) is 25.7 Å². The zero-order valence-corrected chi connectivity index (χ0v) is 11.2. The second-order valence-corrected chi connectivity index (χ2v) is 4.76. The average molecular weight is 248 g/mol. The normalized spacial score (nSPS) is 19.7. The van der Waals surface area contributed by atoms with E-state index in [2.05, 4.69) is 12.2 Å². The zero-order valence-electron chi connectivity index (χ0n) is 11.2. The van der Waals surface area contributed by atoms with Crippen molar-refractivity contribution in [2.75, 3.05) is 26.7 Å². The van der Waals surface area contributed by atoms with Gasteiger partial charge in [0.25, 0.3) is 5.91 Å². The monoisotopic (exact) mass is 248 g/mol. The van der Waals surface area contributed by atoms with Gasteiger partial charge < -0.3 is 15.0 Å². The Labute approximate surface area is 108 Å². The minimum atomic E-state index is 0.0598. The van der Waals surface area contributed by atoms with Crippen LogP contribution in [0.15, 0.2) is 18.2 Å². The van der Waals surface area contributed by atoms with Crippen LogP contribution in [0.25, 0.3) is 0 Å². The Morgan fingerprint density at radius 2 is 2.28 bits per heavy atom. The van der Waals surface area contributed by atoms with Gasteiger partial charge in [-0.3, -0.25) is 4.79 Å². The van der Waals surface area contributed by atoms with Gasteiger partial charge in [0.1, 0.15) is 5.75 Å². The number of aryl methyl sites for hydroxylation is 1. The molecule has 0 aromatic heterocycles. The lowest BCUT2D eigenvalue weighted by atomic mass is 10.1. The maximum absolute atomic E-state index is 12.6. The fourth-order valence-corrected chi connectivity index (χ4v) is 2.29. The molecule has 1 saturated heterocycles. The molecule has 98 valence electrons. The Hall–Kier alpha value is -1.55. The lowest BCUT2D eigenvalue weighted by molar-refractivity contribution is 0.0652. The Bertz CT molecular complexity index is 445. The summed E-state index contributed by atoms with van der Waals surface area (Å²) in [6.45, 7) is 6.49. The number of amides is 1. The third kappa shape index (κ3) is 2.48. The molecule has 1 aromatic rings. The van der Waals surface area contributed by atoms with Crippen molar-refractivity contribution in [2.24, 2.45) is 0 Å². The van der Waals surface area contributed by atoms with Crippen molar-refractivity contribution in [3.63, 3.8) is 0 Å². The van der Waals surface area contributed by atoms with Crippen LogP contribution >= 0.6 is 0 Å². The van der Waals surface area contributed by atoms with Crippen LogP contribution in [-0.4, -0.2) is 43.6 Å². The van der Waals surface area contributed by atoms with Crippen molar-refractivity contribution in [1.82, 2.24) is 10.2 Å². The molecule has 0 spiro atoms. The van der Waals surface area contributed by atoms with Crippen molar-refractivity contribution < 1.29 is 9.53 Å². The highest BCUT2D eigenvalue weighted by atomic mass is 16.5. The molecule has 0 bridgehead atoms. The minimum absolute atomic E-state index is 0.0598. The number of hydrogen-bond acceptors (Lipinski definition) is 3. The first kappa shape index (κ1) is 12.9. The van der Waals surface area contributed by atoms with E-state index in [1.54, 1.807) is 7.11 Å². The Kier molecular flexibility index (Phi) is 3.87. The van der Waals surface area contributed by atoms with Crippen LogP contribution in [0, 0.1) is 6.92 Å². The number of rotatable bonds is 2. The zero-order chi connectivity index (χ0) is 13.1. The van der Waals surface area contributed by atoms with E-state index in [0.717, 1.165) is 25.2 Å². The van der Waals surface area contributed by atoms with Crippen molar-refractivity contribution in [2.45, 2.75) is 19.9 Å². The first-order valence-corrected chi connectivity index (χ1v) is 6.30. The van der Waals surface area contributed by atoms with E-state index in [1.807, 2.05) is 30.0 Å². The predicted octanol–water partition coefficient (Wildman–Crippen LogP) is 1.44. The Balaban J connectivity index is 2.29. The number of benzene rings is 1. The number of methoxy groups -OCH3 is 1. The molecule has 2 rings (SSSR count). The third-order valence-corrected chi connectivity index (χ3v) is 3.35. The largest absolute Gasteiger partial charge is 0.496 e. The third-order valence-electron chi connectivity index (χ3n) is 3.35. The smallest absolute Gasteiger partial charge is 0.257 e. The van der Waals surface area contributed by atoms with E-state index in [9.17, 15) is 4.79 Å². The van der Waals surface area contributed by atoms with Crippen LogP contribution in [0.4, 0.5) is 0 Å². The first-order chi connectivity index (χ1) is 8.63. The van der Waals surface area contributed by atoms with E-state index in [1.165, 1.54) is 0 Å². The molecule has 1 atom stereocenters. The maximum atomic E-state index is 12.6. The Morgan fingerprint density at radius 3 is 2.94 bits per heavy atom. The van der Waals surface area contributed by atoms with Crippen LogP contribution in [0.5, 0.6) is 5.75 Å². The molecule has 1 N–H and O–H groups in total. The van der Waals surface area contributed by atoms with Gasteiger partial charge in [0.2, 0.25) is 0 Å². The summed E-state index contributed by atoms with van der Waals surface area (Å²) in [5.74, 6) is 0.709. The highest BCUT2D eigenvalue weighted by Crippen LogP contribution is 2.22. The van der Waals surface area contributed by atoms with Gasteiger partial charge in [-0.1, -0.05) is 11.6 Å². The van der Waals surface area contributed by atoms with Crippen LogP contribution in [-0.2, 0) is 0 Å². The molecule has 1 amide bonds. The van der Waals surface area contributed by atoms with Crippen LogP contribution in [0.3, 0.4) is 0 Å². The molecular weight excluding hydrogens is 228 g/mol. The molecule has 0 radical (unpaired) electrons. The standard InChI is InChI=1S/C14H20N2O2/c1-10-4-5-13(18-3)12(8-10)14(17)16-7-6-15-9-11(16)2/h4-5,8,11,15H,6-7,9H2,1-3H3/t11-/m0/s1. The van der Waals surface area contributed by atoms with Gasteiger partial charge >= 0.3 is 0 Å². The summed E-state index contributed by atoms with van der Waals surface area (Å²) in [6, 6.07) is 5.93. The second-order valence-electron chi connectivity index (χ2n) is 4.76. The number of nitrogens with zero attached hydrogens (tertiary/aromatic N) is 1. The van der Waals surface area contributed by atoms with Crippen LogP contribution in [0.1, 0.15) is 22.8 Å². The summed E-state index contributed by atoms with van der Waals surface area (Å²) in [6.07, 6.45) is 0. The summed E-state index contributed by atoms with van der Waals surface area (Å²) in [4.78, 5) is 14.5. The van der Waals surface area contributed by atoms with Gasteiger partial charge in [-0.15, -0.1) is 0 Å². The summed E-state index contributed by atoms with van der Waals surface area (Å²) < 4.78 is 5.28. The van der Waals surface area contributed by atoms with Gasteiger partial charge in [0.05, 0.1) is 12.7 Å². The van der Waals surface area contributed by atoms with E-state index >= 15 is 0 Å². The van der Waals surface area contributed by atoms with Gasteiger partial charge in [-0.25, -0.2) is 0 Å². The predicted molar refractivity (Wildman–Crippen MR) is 71.1 cm³/mol. The lowest BCUT2D eigenvalue weighted by Gasteiger charge is -2.34. The van der Waals surface area contributed by atoms with E-state index in [4.69, 9.17) is 4.74 Å². The fraction of sp³-hybridized carbons (Fsp3) is 0.500. The molecule has 1 heterocycles. The molecule has 0 unspecified atom stereocenters. The highest BCUT2D eigenvalue weighted by Gasteiger charge is 2.26. The van der Waals surface area contributed by atoms with Crippen molar-refractivity contribution in [3.8, 4) is 5.75 Å². The van der Waals surface area contributed by atoms with Crippen molar-refractivity contribution in [1.29, 1.82) is 0 Å². The van der Waals surface area contributed by atoms with E-state index in [-0.39, 0.29) is 11.9 Å². The fourth-order valence-electron chi connectivity index (χ4n) is 2.29. The average Bonchev–Trinajstić information content (AvgIpc) is 2.38. The molecule has 1 aliphatic heterocycles. The lowest BCUT2D eigenvalue weighted by Crippen LogP contribution is -2.52. The SMILES string of the molecule is COc1ccc(C)cc1C(=O)N1CCNC[C@@H]1C. The number of carbonyl (C=O) groups excluding carboxylic acids is 1. The van der Waals surface area contributed by atoms with Gasteiger partial charge in [0.15, 0.2) is 0 Å². The maximum Gasteiger partial charge on any atom is 0.257 e. The van der Waals surface area contributed by atoms with E-state index < -0.39 is 0 Å². The van der Waals surface area contributed by atoms with Crippen LogP contribution in [0.2, 0.25) is 0 Å². The molecule has 4 heteroatoms. The van der Waals surface area contributed by atoms with Crippen molar-refractivity contribution in [3.05, 3.63) is 29.3 Å². The molecule has 18 heavy (non-hydrogen) atoms. The van der Waals surface area contributed by atoms with Gasteiger partial charge in [-0.05, 0) is 26.0 Å². The second kappa shape index (κ2) is 5.40. The molecule has 0 saturated carbocycles.